The summed E-state index contributed by atoms with van der Waals surface area (Å²) in [4.78, 5) is 23.3. The number of hydrogen-bond acceptors (Lipinski definition) is 4. The van der Waals surface area contributed by atoms with E-state index in [2.05, 4.69) is 6.92 Å². The average molecular weight is 435 g/mol. The van der Waals surface area contributed by atoms with Crippen molar-refractivity contribution in [3.05, 3.63) is 24.3 Å². The topological polar surface area (TPSA) is 94.8 Å². The summed E-state index contributed by atoms with van der Waals surface area (Å²) in [5.41, 5.74) is -0.645. The lowest BCUT2D eigenvalue weighted by Gasteiger charge is -2.27. The van der Waals surface area contributed by atoms with Crippen molar-refractivity contribution in [1.29, 1.82) is 0 Å². The number of ketones is 1. The number of aliphatic hydroxyl groups excluding tert-OH is 1. The van der Waals surface area contributed by atoms with Gasteiger partial charge < -0.3 is 15.3 Å². The zero-order valence-electron chi connectivity index (χ0n) is 19.3. The molecule has 2 fully saturated rings. The molecule has 0 amide bonds. The maximum atomic E-state index is 12.4. The van der Waals surface area contributed by atoms with Crippen LogP contribution in [0.4, 0.5) is 0 Å². The first kappa shape index (κ1) is 25.8. The highest BCUT2D eigenvalue weighted by Gasteiger charge is 2.43. The number of aliphatic carboxylic acids is 1. The highest BCUT2D eigenvalue weighted by atomic mass is 16.4. The van der Waals surface area contributed by atoms with Gasteiger partial charge in [0.1, 0.15) is 5.78 Å². The monoisotopic (exact) mass is 434 g/mol. The fourth-order valence-corrected chi connectivity index (χ4v) is 4.74. The number of carbonyl (C=O) groups is 2. The standard InChI is InChI=1S/C26H42O5/c1-3-4-5-9-16-26(31,20-14-15-20)17-10-13-22-21(23(27)18-24(22)28)12-8-6-7-11-19(2)25(29)30/h6,8,10,13,19-22,24,28,31H,3-5,7,9,11-12,14-18H2,1-2H3,(H,29,30)/b8-6-,13-10+/t19?,21-,22-,24-,26?/m1/s1. The van der Waals surface area contributed by atoms with Crippen LogP contribution in [0.15, 0.2) is 24.3 Å². The predicted octanol–water partition coefficient (Wildman–Crippen LogP) is 5.06. The SMILES string of the molecule is CCCCCCC(O)(C/C=C/[C@H]1[C@H](O)CC(=O)[C@@H]1C/C=C\CCC(C)C(=O)O)C1CC1. The van der Waals surface area contributed by atoms with Gasteiger partial charge in [-0.05, 0) is 50.9 Å². The number of Topliss-reactive ketones (excluding diaryl/α,β-unsaturated/α-hetero) is 1. The minimum Gasteiger partial charge on any atom is -0.481 e. The van der Waals surface area contributed by atoms with Crippen LogP contribution in [-0.2, 0) is 9.59 Å². The zero-order valence-corrected chi connectivity index (χ0v) is 19.3. The van der Waals surface area contributed by atoms with E-state index in [1.54, 1.807) is 6.92 Å². The summed E-state index contributed by atoms with van der Waals surface area (Å²) in [7, 11) is 0. The molecular weight excluding hydrogens is 392 g/mol. The van der Waals surface area contributed by atoms with Crippen molar-refractivity contribution >= 4 is 11.8 Å². The van der Waals surface area contributed by atoms with Gasteiger partial charge in [0.15, 0.2) is 0 Å². The molecule has 0 aromatic rings. The molecule has 0 aromatic carbocycles. The number of aliphatic hydroxyl groups is 2. The molecule has 0 saturated heterocycles. The van der Waals surface area contributed by atoms with E-state index < -0.39 is 17.7 Å². The summed E-state index contributed by atoms with van der Waals surface area (Å²) in [5, 5.41) is 30.5. The third-order valence-corrected chi connectivity index (χ3v) is 7.11. The van der Waals surface area contributed by atoms with Gasteiger partial charge in [-0.15, -0.1) is 0 Å². The lowest BCUT2D eigenvalue weighted by molar-refractivity contribution is -0.141. The summed E-state index contributed by atoms with van der Waals surface area (Å²) in [6.07, 6.45) is 17.4. The van der Waals surface area contributed by atoms with E-state index >= 15 is 0 Å². The molecule has 31 heavy (non-hydrogen) atoms. The van der Waals surface area contributed by atoms with E-state index in [0.29, 0.717) is 31.6 Å². The summed E-state index contributed by atoms with van der Waals surface area (Å²) in [6, 6.07) is 0. The number of hydrogen-bond donors (Lipinski definition) is 3. The molecule has 0 radical (unpaired) electrons. The Balaban J connectivity index is 1.87. The Morgan fingerprint density at radius 2 is 1.94 bits per heavy atom. The Morgan fingerprint density at radius 1 is 1.19 bits per heavy atom. The quantitative estimate of drug-likeness (QED) is 0.247. The molecule has 176 valence electrons. The third-order valence-electron chi connectivity index (χ3n) is 7.11. The molecule has 0 heterocycles. The van der Waals surface area contributed by atoms with Gasteiger partial charge in [-0.1, -0.05) is 63.8 Å². The van der Waals surface area contributed by atoms with Crippen LogP contribution in [0.5, 0.6) is 0 Å². The molecule has 2 aliphatic carbocycles. The minimum absolute atomic E-state index is 0.0859. The lowest BCUT2D eigenvalue weighted by atomic mass is 9.85. The average Bonchev–Trinajstić information content (AvgIpc) is 3.54. The minimum atomic E-state index is -0.788. The number of carboxylic acid groups (broad SMARTS) is 1. The summed E-state index contributed by atoms with van der Waals surface area (Å²) in [6.45, 7) is 3.88. The van der Waals surface area contributed by atoms with Crippen molar-refractivity contribution in [2.45, 2.75) is 103 Å². The molecular formula is C26H42O5. The van der Waals surface area contributed by atoms with Crippen LogP contribution in [0.1, 0.15) is 90.9 Å². The first-order valence-electron chi connectivity index (χ1n) is 12.3. The van der Waals surface area contributed by atoms with Crippen LogP contribution < -0.4 is 0 Å². The number of carboxylic acids is 1. The number of allylic oxidation sites excluding steroid dienone is 2. The van der Waals surface area contributed by atoms with E-state index in [1.807, 2.05) is 24.3 Å². The first-order valence-corrected chi connectivity index (χ1v) is 12.3. The van der Waals surface area contributed by atoms with Crippen molar-refractivity contribution in [1.82, 2.24) is 0 Å². The predicted molar refractivity (Wildman–Crippen MR) is 123 cm³/mol. The van der Waals surface area contributed by atoms with Crippen molar-refractivity contribution in [2.75, 3.05) is 0 Å². The van der Waals surface area contributed by atoms with Gasteiger partial charge in [0, 0.05) is 18.3 Å². The van der Waals surface area contributed by atoms with Crippen LogP contribution in [0, 0.1) is 23.7 Å². The van der Waals surface area contributed by atoms with Crippen LogP contribution in [0.2, 0.25) is 0 Å². The van der Waals surface area contributed by atoms with Crippen LogP contribution in [0.25, 0.3) is 0 Å². The fourth-order valence-electron chi connectivity index (χ4n) is 4.74. The highest BCUT2D eigenvalue weighted by Crippen LogP contribution is 2.45. The van der Waals surface area contributed by atoms with Crippen LogP contribution in [0.3, 0.4) is 0 Å². The van der Waals surface area contributed by atoms with Gasteiger partial charge in [-0.3, -0.25) is 9.59 Å². The second-order valence-electron chi connectivity index (χ2n) is 9.77. The van der Waals surface area contributed by atoms with E-state index in [1.165, 1.54) is 12.8 Å². The molecule has 5 atom stereocenters. The zero-order chi connectivity index (χ0) is 22.9. The van der Waals surface area contributed by atoms with Crippen LogP contribution >= 0.6 is 0 Å². The van der Waals surface area contributed by atoms with Gasteiger partial charge in [0.05, 0.1) is 17.6 Å². The van der Waals surface area contributed by atoms with E-state index in [9.17, 15) is 19.8 Å². The van der Waals surface area contributed by atoms with Gasteiger partial charge >= 0.3 is 5.97 Å². The molecule has 0 bridgehead atoms. The summed E-state index contributed by atoms with van der Waals surface area (Å²) >= 11 is 0. The van der Waals surface area contributed by atoms with Crippen molar-refractivity contribution in [3.8, 4) is 0 Å². The lowest BCUT2D eigenvalue weighted by Crippen LogP contribution is -2.30. The van der Waals surface area contributed by atoms with Gasteiger partial charge in [0.25, 0.3) is 0 Å². The number of rotatable bonds is 15. The van der Waals surface area contributed by atoms with E-state index in [-0.39, 0.29) is 30.0 Å². The molecule has 0 aromatic heterocycles. The maximum absolute atomic E-state index is 12.4. The molecule has 0 spiro atoms. The number of carbonyl (C=O) groups excluding carboxylic acids is 1. The van der Waals surface area contributed by atoms with Gasteiger partial charge in [-0.2, -0.15) is 0 Å². The molecule has 2 aliphatic rings. The second-order valence-corrected chi connectivity index (χ2v) is 9.77. The molecule has 2 saturated carbocycles. The molecule has 3 N–H and O–H groups in total. The second kappa shape index (κ2) is 12.5. The number of unbranched alkanes of at least 4 members (excludes halogenated alkanes) is 3. The van der Waals surface area contributed by atoms with Gasteiger partial charge in [-0.25, -0.2) is 0 Å². The Bertz CT molecular complexity index is 636. The normalized spacial score (nSPS) is 27.2. The fraction of sp³-hybridized carbons (Fsp3) is 0.769. The molecule has 2 unspecified atom stereocenters. The largest absolute Gasteiger partial charge is 0.481 e. The van der Waals surface area contributed by atoms with Crippen molar-refractivity contribution in [3.63, 3.8) is 0 Å². The van der Waals surface area contributed by atoms with Crippen molar-refractivity contribution < 1.29 is 24.9 Å². The summed E-state index contributed by atoms with van der Waals surface area (Å²) < 4.78 is 0. The van der Waals surface area contributed by atoms with E-state index in [0.717, 1.165) is 32.1 Å². The third kappa shape index (κ3) is 8.19. The van der Waals surface area contributed by atoms with E-state index in [4.69, 9.17) is 5.11 Å². The smallest absolute Gasteiger partial charge is 0.306 e. The Hall–Kier alpha value is -1.46. The summed E-state index contributed by atoms with van der Waals surface area (Å²) in [5.74, 6) is -1.13. The molecule has 5 heteroatoms. The first-order chi connectivity index (χ1) is 14.8. The molecule has 0 aliphatic heterocycles. The van der Waals surface area contributed by atoms with Crippen molar-refractivity contribution in [2.24, 2.45) is 23.7 Å². The Kier molecular flexibility index (Phi) is 10.4. The highest BCUT2D eigenvalue weighted by molar-refractivity contribution is 5.84. The van der Waals surface area contributed by atoms with Crippen LogP contribution in [-0.4, -0.2) is 38.8 Å². The molecule has 2 rings (SSSR count). The van der Waals surface area contributed by atoms with Gasteiger partial charge in [0.2, 0.25) is 0 Å². The molecule has 5 nitrogen and oxygen atoms in total. The maximum Gasteiger partial charge on any atom is 0.306 e. The Morgan fingerprint density at radius 3 is 2.58 bits per heavy atom. The Labute approximate surface area is 187 Å².